The molecule has 22 heavy (non-hydrogen) atoms. The van der Waals surface area contributed by atoms with Crippen molar-refractivity contribution in [2.75, 3.05) is 0 Å². The molecule has 2 unspecified atom stereocenters. The zero-order chi connectivity index (χ0) is 17.1. The SMILES string of the molecule is O=C(O)CCCC(SSC(CCCC(=O)O)C(=O)O)C(=O)O. The van der Waals surface area contributed by atoms with Crippen molar-refractivity contribution in [3.63, 3.8) is 0 Å². The van der Waals surface area contributed by atoms with Crippen LogP contribution in [0.4, 0.5) is 0 Å². The van der Waals surface area contributed by atoms with Gasteiger partial charge >= 0.3 is 23.9 Å². The van der Waals surface area contributed by atoms with Crippen molar-refractivity contribution in [2.24, 2.45) is 0 Å². The average molecular weight is 354 g/mol. The van der Waals surface area contributed by atoms with Crippen LogP contribution in [-0.4, -0.2) is 54.8 Å². The van der Waals surface area contributed by atoms with Crippen molar-refractivity contribution in [3.8, 4) is 0 Å². The molecule has 0 aliphatic carbocycles. The highest BCUT2D eigenvalue weighted by atomic mass is 33.1. The lowest BCUT2D eigenvalue weighted by molar-refractivity contribution is -0.139. The van der Waals surface area contributed by atoms with Gasteiger partial charge in [-0.25, -0.2) is 0 Å². The molecule has 0 heterocycles. The quantitative estimate of drug-likeness (QED) is 0.360. The Kier molecular flexibility index (Phi) is 10.5. The summed E-state index contributed by atoms with van der Waals surface area (Å²) in [5, 5.41) is 33.3. The summed E-state index contributed by atoms with van der Waals surface area (Å²) >= 11 is 0. The van der Waals surface area contributed by atoms with Gasteiger partial charge in [-0.15, -0.1) is 0 Å². The van der Waals surface area contributed by atoms with Crippen molar-refractivity contribution < 1.29 is 39.6 Å². The van der Waals surface area contributed by atoms with Crippen LogP contribution in [0.25, 0.3) is 0 Å². The van der Waals surface area contributed by atoms with Crippen LogP contribution in [0.15, 0.2) is 0 Å². The molecule has 0 spiro atoms. The van der Waals surface area contributed by atoms with Crippen molar-refractivity contribution in [3.05, 3.63) is 0 Å². The third-order valence-electron chi connectivity index (χ3n) is 2.55. The summed E-state index contributed by atoms with van der Waals surface area (Å²) in [6.45, 7) is 0. The lowest BCUT2D eigenvalue weighted by Crippen LogP contribution is -2.19. The molecule has 4 N–H and O–H groups in total. The highest BCUT2D eigenvalue weighted by molar-refractivity contribution is 8.77. The first-order chi connectivity index (χ1) is 10.2. The molecule has 0 amide bonds. The van der Waals surface area contributed by atoms with E-state index in [-0.39, 0.29) is 38.5 Å². The Morgan fingerprint density at radius 1 is 0.682 bits per heavy atom. The Balaban J connectivity index is 4.31. The van der Waals surface area contributed by atoms with Gasteiger partial charge in [0.2, 0.25) is 0 Å². The third-order valence-corrected chi connectivity index (χ3v) is 5.73. The van der Waals surface area contributed by atoms with Crippen LogP contribution in [0.2, 0.25) is 0 Å². The van der Waals surface area contributed by atoms with E-state index in [0.717, 1.165) is 21.6 Å². The largest absolute Gasteiger partial charge is 0.481 e. The third kappa shape index (κ3) is 10.3. The van der Waals surface area contributed by atoms with Gasteiger partial charge in [-0.3, -0.25) is 19.2 Å². The molecule has 0 rings (SSSR count). The Morgan fingerprint density at radius 2 is 1.00 bits per heavy atom. The first-order valence-electron chi connectivity index (χ1n) is 6.45. The van der Waals surface area contributed by atoms with E-state index in [2.05, 4.69) is 0 Å². The van der Waals surface area contributed by atoms with Crippen LogP contribution in [0.3, 0.4) is 0 Å². The number of carboxylic acid groups (broad SMARTS) is 4. The highest BCUT2D eigenvalue weighted by Gasteiger charge is 2.24. The molecule has 2 atom stereocenters. The smallest absolute Gasteiger partial charge is 0.317 e. The van der Waals surface area contributed by atoms with E-state index in [0.29, 0.717) is 0 Å². The van der Waals surface area contributed by atoms with Crippen LogP contribution in [0.1, 0.15) is 38.5 Å². The number of hydrogen-bond donors (Lipinski definition) is 4. The van der Waals surface area contributed by atoms with Gasteiger partial charge in [0.1, 0.15) is 10.5 Å². The maximum atomic E-state index is 11.1. The molecule has 126 valence electrons. The molecular formula is C12H18O8S2. The van der Waals surface area contributed by atoms with E-state index in [9.17, 15) is 19.2 Å². The Labute approximate surface area is 134 Å². The second-order valence-electron chi connectivity index (χ2n) is 4.42. The zero-order valence-corrected chi connectivity index (χ0v) is 13.3. The number of carbonyl (C=O) groups is 4. The predicted molar refractivity (Wildman–Crippen MR) is 81.0 cm³/mol. The van der Waals surface area contributed by atoms with Crippen LogP contribution in [-0.2, 0) is 19.2 Å². The zero-order valence-electron chi connectivity index (χ0n) is 11.6. The van der Waals surface area contributed by atoms with E-state index >= 15 is 0 Å². The first kappa shape index (κ1) is 20.6. The maximum absolute atomic E-state index is 11.1. The van der Waals surface area contributed by atoms with Gasteiger partial charge in [0.25, 0.3) is 0 Å². The molecule has 0 aliphatic rings. The average Bonchev–Trinajstić information content (AvgIpc) is 2.38. The number of carboxylic acids is 4. The molecule has 8 nitrogen and oxygen atoms in total. The number of aliphatic carboxylic acids is 4. The lowest BCUT2D eigenvalue weighted by atomic mass is 10.2. The molecule has 0 aliphatic heterocycles. The summed E-state index contributed by atoms with van der Waals surface area (Å²) in [6, 6.07) is 0. The topological polar surface area (TPSA) is 149 Å². The van der Waals surface area contributed by atoms with E-state index in [1.54, 1.807) is 0 Å². The van der Waals surface area contributed by atoms with Crippen LogP contribution in [0.5, 0.6) is 0 Å². The second kappa shape index (κ2) is 11.2. The van der Waals surface area contributed by atoms with Gasteiger partial charge in [-0.2, -0.15) is 0 Å². The predicted octanol–water partition coefficient (Wildman–Crippen LogP) is 1.78. The van der Waals surface area contributed by atoms with Gasteiger partial charge in [-0.1, -0.05) is 21.6 Å². The molecular weight excluding hydrogens is 336 g/mol. The van der Waals surface area contributed by atoms with E-state index in [1.165, 1.54) is 0 Å². The molecule has 0 aromatic carbocycles. The lowest BCUT2D eigenvalue weighted by Gasteiger charge is -2.15. The monoisotopic (exact) mass is 354 g/mol. The fraction of sp³-hybridized carbons (Fsp3) is 0.667. The molecule has 0 saturated heterocycles. The second-order valence-corrected chi connectivity index (χ2v) is 7.10. The molecule has 0 saturated carbocycles. The number of rotatable bonds is 13. The molecule has 0 aromatic rings. The molecule has 0 aromatic heterocycles. The van der Waals surface area contributed by atoms with Gasteiger partial charge in [0.15, 0.2) is 0 Å². The Bertz CT molecular complexity index is 374. The molecule has 0 fully saturated rings. The first-order valence-corrected chi connectivity index (χ1v) is 8.73. The fourth-order valence-electron chi connectivity index (χ4n) is 1.44. The van der Waals surface area contributed by atoms with Crippen molar-refractivity contribution in [1.29, 1.82) is 0 Å². The highest BCUT2D eigenvalue weighted by Crippen LogP contribution is 2.35. The summed E-state index contributed by atoms with van der Waals surface area (Å²) in [4.78, 5) is 42.9. The van der Waals surface area contributed by atoms with Crippen LogP contribution in [0, 0.1) is 0 Å². The minimum Gasteiger partial charge on any atom is -0.481 e. The summed E-state index contributed by atoms with van der Waals surface area (Å²) in [6.07, 6.45) is 0.348. The standard InChI is InChI=1S/C12H18O8S2/c13-9(14)5-1-3-7(11(17)18)21-22-8(12(19)20)4-2-6-10(15)16/h7-8H,1-6H2,(H,13,14)(H,15,16)(H,17,18)(H,19,20). The van der Waals surface area contributed by atoms with Crippen LogP contribution >= 0.6 is 21.6 Å². The summed E-state index contributed by atoms with van der Waals surface area (Å²) in [7, 11) is 1.75. The van der Waals surface area contributed by atoms with E-state index < -0.39 is 34.4 Å². The molecule has 0 radical (unpaired) electrons. The van der Waals surface area contributed by atoms with Crippen LogP contribution < -0.4 is 0 Å². The maximum Gasteiger partial charge on any atom is 0.317 e. The van der Waals surface area contributed by atoms with Gasteiger partial charge in [0.05, 0.1) is 0 Å². The van der Waals surface area contributed by atoms with E-state index in [4.69, 9.17) is 20.4 Å². The Morgan fingerprint density at radius 3 is 1.23 bits per heavy atom. The van der Waals surface area contributed by atoms with Crippen molar-refractivity contribution >= 4 is 45.5 Å². The van der Waals surface area contributed by atoms with E-state index in [1.807, 2.05) is 0 Å². The van der Waals surface area contributed by atoms with Crippen molar-refractivity contribution in [2.45, 2.75) is 49.0 Å². The summed E-state index contributed by atoms with van der Waals surface area (Å²) in [5.74, 6) is -4.28. The van der Waals surface area contributed by atoms with Crippen molar-refractivity contribution in [1.82, 2.24) is 0 Å². The molecule has 0 bridgehead atoms. The van der Waals surface area contributed by atoms with Gasteiger partial charge < -0.3 is 20.4 Å². The Hall–Kier alpha value is -1.42. The van der Waals surface area contributed by atoms with Gasteiger partial charge in [0, 0.05) is 12.8 Å². The normalized spacial score (nSPS) is 13.3. The molecule has 10 heteroatoms. The summed E-state index contributed by atoms with van der Waals surface area (Å²) < 4.78 is 0. The minimum atomic E-state index is -1.13. The number of hydrogen-bond acceptors (Lipinski definition) is 6. The van der Waals surface area contributed by atoms with Gasteiger partial charge in [-0.05, 0) is 25.7 Å². The fourth-order valence-corrected chi connectivity index (χ4v) is 4.27. The minimum absolute atomic E-state index is 0.126. The summed E-state index contributed by atoms with van der Waals surface area (Å²) in [5.41, 5.74) is 0.